The first-order chi connectivity index (χ1) is 9.74. The Kier molecular flexibility index (Phi) is 6.54. The number of halogens is 1. The van der Waals surface area contributed by atoms with Crippen molar-refractivity contribution in [1.82, 2.24) is 5.32 Å². The van der Waals surface area contributed by atoms with Crippen molar-refractivity contribution in [2.75, 3.05) is 6.54 Å². The average molecular weight is 379 g/mol. The van der Waals surface area contributed by atoms with Gasteiger partial charge in [0.25, 0.3) is 0 Å². The van der Waals surface area contributed by atoms with E-state index in [1.807, 2.05) is 0 Å². The third-order valence-corrected chi connectivity index (χ3v) is 4.15. The van der Waals surface area contributed by atoms with E-state index in [2.05, 4.69) is 89.4 Å². The second kappa shape index (κ2) is 8.42. The summed E-state index contributed by atoms with van der Waals surface area (Å²) in [6.07, 6.45) is 3.45. The minimum absolute atomic E-state index is 0.533. The first kappa shape index (κ1) is 15.5. The Morgan fingerprint density at radius 1 is 0.950 bits per heavy atom. The average Bonchev–Trinajstić information content (AvgIpc) is 2.47. The molecular formula is C18H22IN. The molecule has 0 spiro atoms. The van der Waals surface area contributed by atoms with Gasteiger partial charge >= 0.3 is 0 Å². The molecule has 0 radical (unpaired) electrons. The summed E-state index contributed by atoms with van der Waals surface area (Å²) >= 11 is 2.35. The van der Waals surface area contributed by atoms with Crippen LogP contribution in [0, 0.1) is 3.57 Å². The molecule has 2 rings (SSSR count). The van der Waals surface area contributed by atoms with Crippen molar-refractivity contribution in [2.24, 2.45) is 0 Å². The molecule has 1 N–H and O–H groups in total. The number of nitrogens with one attached hydrogen (secondary N) is 1. The van der Waals surface area contributed by atoms with Gasteiger partial charge in [-0.1, -0.05) is 42.5 Å². The van der Waals surface area contributed by atoms with Crippen LogP contribution in [0.5, 0.6) is 0 Å². The lowest BCUT2D eigenvalue weighted by Crippen LogP contribution is -2.29. The van der Waals surface area contributed by atoms with Crippen LogP contribution in [0.4, 0.5) is 0 Å². The van der Waals surface area contributed by atoms with Gasteiger partial charge in [-0.25, -0.2) is 0 Å². The van der Waals surface area contributed by atoms with Crippen LogP contribution >= 0.6 is 22.6 Å². The van der Waals surface area contributed by atoms with E-state index in [1.54, 1.807) is 0 Å². The van der Waals surface area contributed by atoms with Gasteiger partial charge in [0.15, 0.2) is 0 Å². The molecule has 0 heterocycles. The molecule has 0 bridgehead atoms. The molecule has 1 atom stereocenters. The number of hydrogen-bond acceptors (Lipinski definition) is 1. The second-order valence-electron chi connectivity index (χ2n) is 5.27. The highest BCUT2D eigenvalue weighted by Gasteiger charge is 2.02. The fraction of sp³-hybridized carbons (Fsp3) is 0.333. The predicted molar refractivity (Wildman–Crippen MR) is 95.1 cm³/mol. The normalized spacial score (nSPS) is 12.3. The van der Waals surface area contributed by atoms with E-state index >= 15 is 0 Å². The van der Waals surface area contributed by atoms with Crippen LogP contribution in [0.1, 0.15) is 24.5 Å². The Morgan fingerprint density at radius 2 is 1.65 bits per heavy atom. The molecule has 2 aromatic rings. The molecule has 0 aliphatic carbocycles. The number of hydrogen-bond donors (Lipinski definition) is 1. The maximum atomic E-state index is 3.61. The number of rotatable bonds is 7. The molecule has 0 aliphatic heterocycles. The lowest BCUT2D eigenvalue weighted by molar-refractivity contribution is 0.534. The SMILES string of the molecule is C[C@H](Cc1ccc(I)cc1)NCCCc1ccccc1. The molecule has 0 saturated carbocycles. The molecule has 20 heavy (non-hydrogen) atoms. The van der Waals surface area contributed by atoms with Gasteiger partial charge in [0.2, 0.25) is 0 Å². The van der Waals surface area contributed by atoms with Crippen LogP contribution in [0.25, 0.3) is 0 Å². The summed E-state index contributed by atoms with van der Waals surface area (Å²) in [6, 6.07) is 20.1. The summed E-state index contributed by atoms with van der Waals surface area (Å²) < 4.78 is 1.30. The maximum absolute atomic E-state index is 3.61. The van der Waals surface area contributed by atoms with Crippen LogP contribution in [-0.4, -0.2) is 12.6 Å². The molecule has 1 nitrogen and oxygen atoms in total. The van der Waals surface area contributed by atoms with Crippen molar-refractivity contribution in [3.63, 3.8) is 0 Å². The zero-order valence-electron chi connectivity index (χ0n) is 12.0. The summed E-state index contributed by atoms with van der Waals surface area (Å²) in [5, 5.41) is 3.61. The largest absolute Gasteiger partial charge is 0.314 e. The zero-order chi connectivity index (χ0) is 14.2. The van der Waals surface area contributed by atoms with Crippen molar-refractivity contribution >= 4 is 22.6 Å². The summed E-state index contributed by atoms with van der Waals surface area (Å²) in [5.74, 6) is 0. The van der Waals surface area contributed by atoms with Gasteiger partial charge in [-0.05, 0) is 78.6 Å². The van der Waals surface area contributed by atoms with Crippen LogP contribution in [0.15, 0.2) is 54.6 Å². The smallest absolute Gasteiger partial charge is 0.0130 e. The Bertz CT molecular complexity index is 493. The third-order valence-electron chi connectivity index (χ3n) is 3.43. The number of benzene rings is 2. The standard InChI is InChI=1S/C18H22IN/c1-15(14-17-9-11-18(19)12-10-17)20-13-5-8-16-6-3-2-4-7-16/h2-4,6-7,9-12,15,20H,5,8,13-14H2,1H3/t15-/m1/s1. The van der Waals surface area contributed by atoms with Crippen molar-refractivity contribution in [3.8, 4) is 0 Å². The highest BCUT2D eigenvalue weighted by molar-refractivity contribution is 14.1. The lowest BCUT2D eigenvalue weighted by atomic mass is 10.1. The second-order valence-corrected chi connectivity index (χ2v) is 6.52. The summed E-state index contributed by atoms with van der Waals surface area (Å²) in [4.78, 5) is 0. The highest BCUT2D eigenvalue weighted by Crippen LogP contribution is 2.09. The van der Waals surface area contributed by atoms with Gasteiger partial charge in [-0.2, -0.15) is 0 Å². The third kappa shape index (κ3) is 5.63. The summed E-state index contributed by atoms with van der Waals surface area (Å²) in [6.45, 7) is 3.35. The van der Waals surface area contributed by atoms with E-state index in [9.17, 15) is 0 Å². The van der Waals surface area contributed by atoms with E-state index in [0.717, 1.165) is 19.4 Å². The van der Waals surface area contributed by atoms with Crippen molar-refractivity contribution in [2.45, 2.75) is 32.2 Å². The van der Waals surface area contributed by atoms with Crippen LogP contribution < -0.4 is 5.32 Å². The van der Waals surface area contributed by atoms with Gasteiger partial charge in [0.05, 0.1) is 0 Å². The van der Waals surface area contributed by atoms with Gasteiger partial charge in [-0.3, -0.25) is 0 Å². The first-order valence-corrected chi connectivity index (χ1v) is 8.33. The molecule has 0 aliphatic rings. The fourth-order valence-electron chi connectivity index (χ4n) is 2.33. The first-order valence-electron chi connectivity index (χ1n) is 7.26. The Labute approximate surface area is 135 Å². The van der Waals surface area contributed by atoms with E-state index < -0.39 is 0 Å². The minimum atomic E-state index is 0.533. The van der Waals surface area contributed by atoms with E-state index in [-0.39, 0.29) is 0 Å². The number of aryl methyl sites for hydroxylation is 1. The van der Waals surface area contributed by atoms with Crippen LogP contribution in [0.2, 0.25) is 0 Å². The predicted octanol–water partition coefficient (Wildman–Crippen LogP) is 4.44. The summed E-state index contributed by atoms with van der Waals surface area (Å²) in [5.41, 5.74) is 2.84. The topological polar surface area (TPSA) is 12.0 Å². The highest BCUT2D eigenvalue weighted by atomic mass is 127. The van der Waals surface area contributed by atoms with Gasteiger partial charge < -0.3 is 5.32 Å². The molecule has 2 aromatic carbocycles. The maximum Gasteiger partial charge on any atom is 0.0130 e. The molecule has 0 amide bonds. The molecule has 0 unspecified atom stereocenters. The fourth-order valence-corrected chi connectivity index (χ4v) is 2.69. The Hall–Kier alpha value is -0.870. The van der Waals surface area contributed by atoms with Gasteiger partial charge in [0.1, 0.15) is 0 Å². The van der Waals surface area contributed by atoms with E-state index in [0.29, 0.717) is 6.04 Å². The molecule has 0 saturated heterocycles. The quantitative estimate of drug-likeness (QED) is 0.554. The lowest BCUT2D eigenvalue weighted by Gasteiger charge is -2.14. The Morgan fingerprint density at radius 3 is 2.35 bits per heavy atom. The monoisotopic (exact) mass is 379 g/mol. The van der Waals surface area contributed by atoms with Gasteiger partial charge in [-0.15, -0.1) is 0 Å². The van der Waals surface area contributed by atoms with Gasteiger partial charge in [0, 0.05) is 9.61 Å². The van der Waals surface area contributed by atoms with E-state index in [1.165, 1.54) is 21.1 Å². The van der Waals surface area contributed by atoms with Crippen molar-refractivity contribution in [3.05, 3.63) is 69.3 Å². The molecule has 0 aromatic heterocycles. The van der Waals surface area contributed by atoms with Crippen molar-refractivity contribution in [1.29, 1.82) is 0 Å². The minimum Gasteiger partial charge on any atom is -0.314 e. The molecule has 106 valence electrons. The van der Waals surface area contributed by atoms with Crippen LogP contribution in [0.3, 0.4) is 0 Å². The summed E-state index contributed by atoms with van der Waals surface area (Å²) in [7, 11) is 0. The zero-order valence-corrected chi connectivity index (χ0v) is 14.1. The van der Waals surface area contributed by atoms with Crippen LogP contribution in [-0.2, 0) is 12.8 Å². The molecular weight excluding hydrogens is 357 g/mol. The van der Waals surface area contributed by atoms with Crippen molar-refractivity contribution < 1.29 is 0 Å². The molecule has 0 fully saturated rings. The van der Waals surface area contributed by atoms with E-state index in [4.69, 9.17) is 0 Å². The Balaban J connectivity index is 1.65. The molecule has 2 heteroatoms.